The van der Waals surface area contributed by atoms with Crippen LogP contribution in [0.15, 0.2) is 52.5 Å². The smallest absolute Gasteiger partial charge is 0.286 e. The maximum Gasteiger partial charge on any atom is 0.286 e. The number of hydrazone groups is 1. The molecule has 136 valence electrons. The summed E-state index contributed by atoms with van der Waals surface area (Å²) in [5.74, 6) is -0.584. The summed E-state index contributed by atoms with van der Waals surface area (Å²) in [6.07, 6.45) is 2.92. The number of nitro groups is 1. The Balaban J connectivity index is 1.86. The Hall–Kier alpha value is -3.04. The zero-order chi connectivity index (χ0) is 19.6. The van der Waals surface area contributed by atoms with E-state index in [1.165, 1.54) is 24.4 Å². The molecule has 0 aliphatic carbocycles. The van der Waals surface area contributed by atoms with Gasteiger partial charge in [0.05, 0.1) is 16.0 Å². The van der Waals surface area contributed by atoms with Crippen molar-refractivity contribution < 1.29 is 14.8 Å². The van der Waals surface area contributed by atoms with Crippen molar-refractivity contribution in [2.24, 2.45) is 5.10 Å². The molecule has 0 spiro atoms. The van der Waals surface area contributed by atoms with Crippen LogP contribution in [0.4, 0.5) is 5.69 Å². The van der Waals surface area contributed by atoms with E-state index >= 15 is 0 Å². The SMILES string of the molecule is Cc1ccccc1C=C1SC(=S)N(N=Cc2cc([N+](=O)[O-])ccc2O)C1=O. The minimum Gasteiger partial charge on any atom is -0.507 e. The van der Waals surface area contributed by atoms with Gasteiger partial charge in [0.1, 0.15) is 5.75 Å². The van der Waals surface area contributed by atoms with E-state index < -0.39 is 10.8 Å². The third-order valence-corrected chi connectivity index (χ3v) is 5.07. The molecule has 2 aromatic carbocycles. The number of hydrogen-bond donors (Lipinski definition) is 1. The number of phenols is 1. The Morgan fingerprint density at radius 2 is 2.00 bits per heavy atom. The summed E-state index contributed by atoms with van der Waals surface area (Å²) in [6, 6.07) is 11.2. The number of non-ortho nitro benzene ring substituents is 1. The van der Waals surface area contributed by atoms with Crippen LogP contribution in [0.25, 0.3) is 6.08 Å². The van der Waals surface area contributed by atoms with Crippen molar-refractivity contribution in [3.8, 4) is 5.75 Å². The molecule has 0 atom stereocenters. The molecule has 2 aromatic rings. The minimum absolute atomic E-state index is 0.112. The summed E-state index contributed by atoms with van der Waals surface area (Å²) >= 11 is 6.32. The van der Waals surface area contributed by atoms with Gasteiger partial charge in [-0.05, 0) is 42.4 Å². The molecule has 0 unspecified atom stereocenters. The number of amides is 1. The van der Waals surface area contributed by atoms with Gasteiger partial charge in [-0.15, -0.1) is 0 Å². The number of phenolic OH excluding ortho intramolecular Hbond substituents is 1. The van der Waals surface area contributed by atoms with Crippen molar-refractivity contribution in [1.82, 2.24) is 5.01 Å². The molecule has 27 heavy (non-hydrogen) atoms. The van der Waals surface area contributed by atoms with Gasteiger partial charge in [-0.1, -0.05) is 36.0 Å². The van der Waals surface area contributed by atoms with Crippen LogP contribution in [0.3, 0.4) is 0 Å². The van der Waals surface area contributed by atoms with Crippen LogP contribution in [0, 0.1) is 17.0 Å². The Kier molecular flexibility index (Phi) is 5.33. The quantitative estimate of drug-likeness (QED) is 0.276. The minimum atomic E-state index is -0.582. The third-order valence-electron chi connectivity index (χ3n) is 3.78. The van der Waals surface area contributed by atoms with E-state index in [9.17, 15) is 20.0 Å². The molecular formula is C18H13N3O4S2. The molecule has 1 fully saturated rings. The van der Waals surface area contributed by atoms with Crippen molar-refractivity contribution in [3.05, 3.63) is 74.2 Å². The number of nitro benzene ring substituents is 1. The molecule has 1 amide bonds. The summed E-state index contributed by atoms with van der Waals surface area (Å²) in [6.45, 7) is 1.94. The molecule has 1 aliphatic rings. The van der Waals surface area contributed by atoms with Crippen LogP contribution in [-0.4, -0.2) is 31.5 Å². The highest BCUT2D eigenvalue weighted by molar-refractivity contribution is 8.26. The molecule has 7 nitrogen and oxygen atoms in total. The lowest BCUT2D eigenvalue weighted by Crippen LogP contribution is -2.22. The molecule has 3 rings (SSSR count). The van der Waals surface area contributed by atoms with Crippen molar-refractivity contribution in [3.63, 3.8) is 0 Å². The monoisotopic (exact) mass is 399 g/mol. The van der Waals surface area contributed by atoms with E-state index in [0.29, 0.717) is 4.91 Å². The fourth-order valence-electron chi connectivity index (χ4n) is 2.33. The van der Waals surface area contributed by atoms with Gasteiger partial charge < -0.3 is 5.11 Å². The Labute approximate surface area is 164 Å². The van der Waals surface area contributed by atoms with Crippen LogP contribution in [0.5, 0.6) is 5.75 Å². The maximum absolute atomic E-state index is 12.6. The predicted molar refractivity (Wildman–Crippen MR) is 109 cm³/mol. The van der Waals surface area contributed by atoms with Gasteiger partial charge in [0.15, 0.2) is 4.32 Å². The molecule has 1 N–H and O–H groups in total. The van der Waals surface area contributed by atoms with Gasteiger partial charge >= 0.3 is 0 Å². The standard InChI is InChI=1S/C18H13N3O4S2/c1-11-4-2-3-5-12(11)9-16-17(23)20(18(26)27-16)19-10-13-8-14(21(24)25)6-7-15(13)22/h2-10,22H,1H3. The number of hydrogen-bond acceptors (Lipinski definition) is 7. The van der Waals surface area contributed by atoms with Crippen LogP contribution >= 0.6 is 24.0 Å². The number of carbonyl (C=O) groups is 1. The Morgan fingerprint density at radius 1 is 1.26 bits per heavy atom. The Morgan fingerprint density at radius 3 is 2.70 bits per heavy atom. The summed E-state index contributed by atoms with van der Waals surface area (Å²) in [5.41, 5.74) is 1.84. The topological polar surface area (TPSA) is 96.0 Å². The largest absolute Gasteiger partial charge is 0.507 e. The molecule has 1 aliphatic heterocycles. The van der Waals surface area contributed by atoms with E-state index in [4.69, 9.17) is 12.2 Å². The average molecular weight is 399 g/mol. The number of thiocarbonyl (C=S) groups is 1. The highest BCUT2D eigenvalue weighted by Gasteiger charge is 2.32. The number of carbonyl (C=O) groups excluding carboxylic acids is 1. The number of nitrogens with zero attached hydrogens (tertiary/aromatic N) is 3. The van der Waals surface area contributed by atoms with E-state index in [0.717, 1.165) is 27.9 Å². The second-order valence-electron chi connectivity index (χ2n) is 5.59. The van der Waals surface area contributed by atoms with Crippen molar-refractivity contribution in [2.75, 3.05) is 0 Å². The van der Waals surface area contributed by atoms with Gasteiger partial charge in [-0.25, -0.2) is 0 Å². The molecule has 1 heterocycles. The van der Waals surface area contributed by atoms with Crippen LogP contribution < -0.4 is 0 Å². The molecular weight excluding hydrogens is 386 g/mol. The summed E-state index contributed by atoms with van der Waals surface area (Å²) in [5, 5.41) is 25.7. The van der Waals surface area contributed by atoms with Crippen molar-refractivity contribution >= 4 is 52.2 Å². The summed E-state index contributed by atoms with van der Waals surface area (Å²) in [7, 11) is 0. The number of aromatic hydroxyl groups is 1. The van der Waals surface area contributed by atoms with E-state index in [1.807, 2.05) is 31.2 Å². The molecule has 9 heteroatoms. The highest BCUT2D eigenvalue weighted by atomic mass is 32.2. The summed E-state index contributed by atoms with van der Waals surface area (Å²) < 4.78 is 0.237. The molecule has 0 aromatic heterocycles. The first-order valence-electron chi connectivity index (χ1n) is 7.72. The predicted octanol–water partition coefficient (Wildman–Crippen LogP) is 3.84. The van der Waals surface area contributed by atoms with Crippen LogP contribution in [0.1, 0.15) is 16.7 Å². The Bertz CT molecular complexity index is 1020. The maximum atomic E-state index is 12.6. The first kappa shape index (κ1) is 18.7. The van der Waals surface area contributed by atoms with Gasteiger partial charge in [0.25, 0.3) is 11.6 Å². The zero-order valence-corrected chi connectivity index (χ0v) is 15.7. The molecule has 1 saturated heterocycles. The number of benzene rings is 2. The summed E-state index contributed by atoms with van der Waals surface area (Å²) in [4.78, 5) is 23.3. The van der Waals surface area contributed by atoms with Gasteiger partial charge in [0.2, 0.25) is 0 Å². The first-order valence-corrected chi connectivity index (χ1v) is 8.94. The highest BCUT2D eigenvalue weighted by Crippen LogP contribution is 2.33. The van der Waals surface area contributed by atoms with E-state index in [2.05, 4.69) is 5.10 Å². The molecule has 0 saturated carbocycles. The van der Waals surface area contributed by atoms with Crippen LogP contribution in [-0.2, 0) is 4.79 Å². The second kappa shape index (κ2) is 7.68. The number of aryl methyl sites for hydroxylation is 1. The normalized spacial score (nSPS) is 15.9. The van der Waals surface area contributed by atoms with Crippen molar-refractivity contribution in [2.45, 2.75) is 6.92 Å². The fraction of sp³-hybridized carbons (Fsp3) is 0.0556. The molecule has 0 radical (unpaired) electrons. The first-order chi connectivity index (χ1) is 12.9. The lowest BCUT2D eigenvalue weighted by Gasteiger charge is -2.06. The van der Waals surface area contributed by atoms with E-state index in [-0.39, 0.29) is 21.3 Å². The lowest BCUT2D eigenvalue weighted by atomic mass is 10.1. The lowest BCUT2D eigenvalue weighted by molar-refractivity contribution is -0.384. The van der Waals surface area contributed by atoms with Crippen LogP contribution in [0.2, 0.25) is 0 Å². The van der Waals surface area contributed by atoms with Gasteiger partial charge in [-0.3, -0.25) is 14.9 Å². The average Bonchev–Trinajstić information content (AvgIpc) is 2.89. The number of thioether (sulfide) groups is 1. The van der Waals surface area contributed by atoms with Gasteiger partial charge in [-0.2, -0.15) is 10.1 Å². The zero-order valence-electron chi connectivity index (χ0n) is 14.0. The number of rotatable bonds is 4. The van der Waals surface area contributed by atoms with E-state index in [1.54, 1.807) is 6.08 Å². The second-order valence-corrected chi connectivity index (χ2v) is 7.27. The van der Waals surface area contributed by atoms with Crippen molar-refractivity contribution in [1.29, 1.82) is 0 Å². The molecule has 0 bridgehead atoms. The van der Waals surface area contributed by atoms with Gasteiger partial charge in [0, 0.05) is 17.7 Å². The fourth-order valence-corrected chi connectivity index (χ4v) is 3.49. The third kappa shape index (κ3) is 4.04.